The van der Waals surface area contributed by atoms with Crippen LogP contribution in [0.5, 0.6) is 0 Å². The summed E-state index contributed by atoms with van der Waals surface area (Å²) in [5.41, 5.74) is 2.45. The molecule has 0 aromatic heterocycles. The molecule has 2 aliphatic rings. The van der Waals surface area contributed by atoms with Crippen molar-refractivity contribution in [2.75, 3.05) is 24.5 Å². The third-order valence-electron chi connectivity index (χ3n) is 5.90. The van der Waals surface area contributed by atoms with Gasteiger partial charge in [0.2, 0.25) is 5.91 Å². The molecule has 1 aliphatic carbocycles. The van der Waals surface area contributed by atoms with Gasteiger partial charge in [-0.1, -0.05) is 50.3 Å². The van der Waals surface area contributed by atoms with E-state index in [0.29, 0.717) is 0 Å². The number of nitrogens with zero attached hydrogens (tertiary/aromatic N) is 2. The summed E-state index contributed by atoms with van der Waals surface area (Å²) < 4.78 is 0. The minimum Gasteiger partial charge on any atom is -0.312 e. The van der Waals surface area contributed by atoms with Gasteiger partial charge in [0.1, 0.15) is 0 Å². The average molecular weight is 343 g/mol. The van der Waals surface area contributed by atoms with Crippen LogP contribution >= 0.6 is 0 Å². The molecule has 1 fully saturated rings. The topological polar surface area (TPSA) is 23.6 Å². The van der Waals surface area contributed by atoms with Crippen molar-refractivity contribution in [2.24, 2.45) is 5.92 Å². The Morgan fingerprint density at radius 3 is 2.40 bits per heavy atom. The van der Waals surface area contributed by atoms with Crippen LogP contribution in [0.1, 0.15) is 70.3 Å². The number of carbonyl (C=O) groups excluding carboxylic acids is 1. The Morgan fingerprint density at radius 1 is 0.960 bits per heavy atom. The SMILES string of the molecule is CC(=O)N1CCCCCCN(CC2CCCCC2)Cc2ccccc21. The lowest BCUT2D eigenvalue weighted by Crippen LogP contribution is -2.33. The summed E-state index contributed by atoms with van der Waals surface area (Å²) in [7, 11) is 0. The number of anilines is 1. The summed E-state index contributed by atoms with van der Waals surface area (Å²) in [4.78, 5) is 16.9. The van der Waals surface area contributed by atoms with Crippen molar-refractivity contribution < 1.29 is 4.79 Å². The normalized spacial score (nSPS) is 21.4. The molecule has 0 bridgehead atoms. The maximum Gasteiger partial charge on any atom is 0.223 e. The summed E-state index contributed by atoms with van der Waals surface area (Å²) in [6.45, 7) is 5.97. The summed E-state index contributed by atoms with van der Waals surface area (Å²) >= 11 is 0. The van der Waals surface area contributed by atoms with E-state index < -0.39 is 0 Å². The molecule has 0 unspecified atom stereocenters. The second kappa shape index (κ2) is 9.38. The first-order valence-corrected chi connectivity index (χ1v) is 10.3. The van der Waals surface area contributed by atoms with Crippen LogP contribution in [0, 0.1) is 5.92 Å². The quantitative estimate of drug-likeness (QED) is 0.755. The van der Waals surface area contributed by atoms with E-state index in [4.69, 9.17) is 0 Å². The Morgan fingerprint density at radius 2 is 1.64 bits per heavy atom. The van der Waals surface area contributed by atoms with E-state index in [2.05, 4.69) is 29.2 Å². The van der Waals surface area contributed by atoms with Gasteiger partial charge in [-0.2, -0.15) is 0 Å². The number of benzene rings is 1. The van der Waals surface area contributed by atoms with E-state index in [1.807, 2.05) is 4.90 Å². The molecule has 1 aromatic rings. The molecule has 25 heavy (non-hydrogen) atoms. The lowest BCUT2D eigenvalue weighted by atomic mass is 9.89. The fourth-order valence-electron chi connectivity index (χ4n) is 4.52. The molecule has 0 atom stereocenters. The summed E-state index contributed by atoms with van der Waals surface area (Å²) in [6.07, 6.45) is 11.9. The number of fused-ring (bicyclic) bond motifs is 1. The summed E-state index contributed by atoms with van der Waals surface area (Å²) in [5.74, 6) is 1.04. The highest BCUT2D eigenvalue weighted by atomic mass is 16.2. The fourth-order valence-corrected chi connectivity index (χ4v) is 4.52. The molecule has 1 amide bonds. The van der Waals surface area contributed by atoms with Crippen LogP contribution in [-0.2, 0) is 11.3 Å². The van der Waals surface area contributed by atoms with Crippen LogP contribution in [0.25, 0.3) is 0 Å². The maximum absolute atomic E-state index is 12.2. The first kappa shape index (κ1) is 18.4. The Kier molecular flexibility index (Phi) is 6.92. The summed E-state index contributed by atoms with van der Waals surface area (Å²) in [5, 5.41) is 0. The maximum atomic E-state index is 12.2. The Labute approximate surface area is 153 Å². The van der Waals surface area contributed by atoms with E-state index in [-0.39, 0.29) is 5.91 Å². The van der Waals surface area contributed by atoms with Gasteiger partial charge in [-0.05, 0) is 49.8 Å². The Bertz CT molecular complexity index is 551. The predicted molar refractivity (Wildman–Crippen MR) is 105 cm³/mol. The van der Waals surface area contributed by atoms with Crippen molar-refractivity contribution in [1.29, 1.82) is 0 Å². The summed E-state index contributed by atoms with van der Waals surface area (Å²) in [6, 6.07) is 8.54. The molecule has 0 spiro atoms. The second-order valence-corrected chi connectivity index (χ2v) is 7.95. The zero-order valence-electron chi connectivity index (χ0n) is 15.9. The molecule has 138 valence electrons. The minimum absolute atomic E-state index is 0.172. The molecule has 3 nitrogen and oxygen atoms in total. The number of amides is 1. The van der Waals surface area contributed by atoms with E-state index in [0.717, 1.165) is 31.1 Å². The minimum atomic E-state index is 0.172. The molecule has 1 aromatic carbocycles. The first-order valence-electron chi connectivity index (χ1n) is 10.3. The monoisotopic (exact) mass is 342 g/mol. The number of hydrogen-bond donors (Lipinski definition) is 0. The van der Waals surface area contributed by atoms with Crippen molar-refractivity contribution >= 4 is 11.6 Å². The van der Waals surface area contributed by atoms with Crippen LogP contribution in [-0.4, -0.2) is 30.4 Å². The van der Waals surface area contributed by atoms with Crippen LogP contribution in [0.15, 0.2) is 24.3 Å². The smallest absolute Gasteiger partial charge is 0.223 e. The molecule has 0 saturated heterocycles. The molecule has 1 aliphatic heterocycles. The molecule has 3 rings (SSSR count). The van der Waals surface area contributed by atoms with Crippen molar-refractivity contribution in [1.82, 2.24) is 4.90 Å². The van der Waals surface area contributed by atoms with Crippen molar-refractivity contribution in [2.45, 2.75) is 71.3 Å². The van der Waals surface area contributed by atoms with Gasteiger partial charge in [-0.3, -0.25) is 9.69 Å². The third kappa shape index (κ3) is 5.31. The highest BCUT2D eigenvalue weighted by Gasteiger charge is 2.21. The number of hydrogen-bond acceptors (Lipinski definition) is 2. The van der Waals surface area contributed by atoms with Crippen LogP contribution in [0.2, 0.25) is 0 Å². The Hall–Kier alpha value is -1.35. The van der Waals surface area contributed by atoms with E-state index in [1.54, 1.807) is 6.92 Å². The fraction of sp³-hybridized carbons (Fsp3) is 0.682. The lowest BCUT2D eigenvalue weighted by Gasteiger charge is -2.31. The number of rotatable bonds is 2. The van der Waals surface area contributed by atoms with Crippen LogP contribution < -0.4 is 4.90 Å². The van der Waals surface area contributed by atoms with Gasteiger partial charge in [0.25, 0.3) is 0 Å². The molecule has 3 heteroatoms. The van der Waals surface area contributed by atoms with Crippen molar-refractivity contribution in [3.8, 4) is 0 Å². The van der Waals surface area contributed by atoms with Gasteiger partial charge in [-0.25, -0.2) is 0 Å². The highest BCUT2D eigenvalue weighted by molar-refractivity contribution is 5.92. The third-order valence-corrected chi connectivity index (χ3v) is 5.90. The van der Waals surface area contributed by atoms with Gasteiger partial charge in [0, 0.05) is 32.2 Å². The number of carbonyl (C=O) groups is 1. The van der Waals surface area contributed by atoms with Crippen molar-refractivity contribution in [3.63, 3.8) is 0 Å². The predicted octanol–water partition coefficient (Wildman–Crippen LogP) is 5.00. The molecular formula is C22H34N2O. The molecule has 1 heterocycles. The van der Waals surface area contributed by atoms with E-state index in [9.17, 15) is 4.79 Å². The Balaban J connectivity index is 1.79. The van der Waals surface area contributed by atoms with Gasteiger partial charge in [-0.15, -0.1) is 0 Å². The molecule has 0 N–H and O–H groups in total. The number of para-hydroxylation sites is 1. The zero-order valence-corrected chi connectivity index (χ0v) is 15.9. The first-order chi connectivity index (χ1) is 12.2. The van der Waals surface area contributed by atoms with Gasteiger partial charge >= 0.3 is 0 Å². The van der Waals surface area contributed by atoms with Gasteiger partial charge in [0.15, 0.2) is 0 Å². The molecule has 0 radical (unpaired) electrons. The molecule has 1 saturated carbocycles. The standard InChI is InChI=1S/C22H34N2O/c1-19(25)24-16-10-3-2-9-15-23(17-20-11-5-4-6-12-20)18-21-13-7-8-14-22(21)24/h7-8,13-14,20H,2-6,9-12,15-18H2,1H3. The lowest BCUT2D eigenvalue weighted by molar-refractivity contribution is -0.116. The van der Waals surface area contributed by atoms with E-state index >= 15 is 0 Å². The highest BCUT2D eigenvalue weighted by Crippen LogP contribution is 2.28. The van der Waals surface area contributed by atoms with E-state index in [1.165, 1.54) is 70.0 Å². The second-order valence-electron chi connectivity index (χ2n) is 7.95. The van der Waals surface area contributed by atoms with Crippen LogP contribution in [0.3, 0.4) is 0 Å². The van der Waals surface area contributed by atoms with Gasteiger partial charge in [0.05, 0.1) is 0 Å². The largest absolute Gasteiger partial charge is 0.312 e. The zero-order chi connectivity index (χ0) is 17.5. The van der Waals surface area contributed by atoms with Crippen molar-refractivity contribution in [3.05, 3.63) is 29.8 Å². The molecular weight excluding hydrogens is 308 g/mol. The van der Waals surface area contributed by atoms with Gasteiger partial charge < -0.3 is 4.90 Å². The van der Waals surface area contributed by atoms with Crippen LogP contribution in [0.4, 0.5) is 5.69 Å². The average Bonchev–Trinajstić information content (AvgIpc) is 2.65.